The molecule has 1 spiro atoms. The van der Waals surface area contributed by atoms with Gasteiger partial charge in [0.1, 0.15) is 5.75 Å². The van der Waals surface area contributed by atoms with Crippen molar-refractivity contribution in [3.8, 4) is 5.75 Å². The van der Waals surface area contributed by atoms with E-state index in [1.54, 1.807) is 7.11 Å². The number of carboxylic acids is 1. The molecule has 3 heterocycles. The first kappa shape index (κ1) is 30.2. The Morgan fingerprint density at radius 3 is 2.42 bits per heavy atom. The molecule has 7 rings (SSSR count). The second kappa shape index (κ2) is 11.6. The molecule has 9 nitrogen and oxygen atoms in total. The van der Waals surface area contributed by atoms with Crippen molar-refractivity contribution < 1.29 is 32.6 Å². The summed E-state index contributed by atoms with van der Waals surface area (Å²) in [7, 11) is 3.84. The average molecular weight is 620 g/mol. The van der Waals surface area contributed by atoms with Gasteiger partial charge in [0.15, 0.2) is 0 Å². The average Bonchev–Trinajstić information content (AvgIpc) is 3.57. The van der Waals surface area contributed by atoms with E-state index < -0.39 is 17.6 Å². The normalized spacial score (nSPS) is 21.0. The van der Waals surface area contributed by atoms with Gasteiger partial charge in [-0.3, -0.25) is 9.89 Å². The van der Waals surface area contributed by atoms with Crippen LogP contribution in [-0.4, -0.2) is 78.6 Å². The minimum absolute atomic E-state index is 0.0812. The molecule has 3 aliphatic rings. The number of ether oxygens (including phenoxy) is 1. The number of H-pyrrole nitrogens is 1. The van der Waals surface area contributed by atoms with Gasteiger partial charge in [0.2, 0.25) is 5.91 Å². The van der Waals surface area contributed by atoms with Gasteiger partial charge in [-0.1, -0.05) is 30.3 Å². The zero-order chi connectivity index (χ0) is 31.9. The molecular weight excluding hydrogens is 587 g/mol. The number of aliphatic carboxylic acids is 1. The van der Waals surface area contributed by atoms with E-state index >= 15 is 0 Å². The molecule has 1 saturated heterocycles. The first-order chi connectivity index (χ1) is 21.5. The lowest BCUT2D eigenvalue weighted by atomic mass is 9.91. The van der Waals surface area contributed by atoms with Crippen LogP contribution in [0.4, 0.5) is 24.5 Å². The van der Waals surface area contributed by atoms with Crippen molar-refractivity contribution >= 4 is 46.3 Å². The number of benzene rings is 3. The van der Waals surface area contributed by atoms with Crippen molar-refractivity contribution in [1.29, 1.82) is 0 Å². The Kier molecular flexibility index (Phi) is 7.77. The number of aromatic amines is 1. The zero-order valence-electron chi connectivity index (χ0n) is 24.7. The second-order valence-electron chi connectivity index (χ2n) is 11.5. The van der Waals surface area contributed by atoms with Crippen LogP contribution >= 0.6 is 0 Å². The summed E-state index contributed by atoms with van der Waals surface area (Å²) < 4.78 is 37.2. The zero-order valence-corrected chi connectivity index (χ0v) is 24.7. The molecule has 234 valence electrons. The molecule has 1 aromatic heterocycles. The van der Waals surface area contributed by atoms with Crippen molar-refractivity contribution in [3.05, 3.63) is 83.0 Å². The molecule has 2 aliphatic heterocycles. The summed E-state index contributed by atoms with van der Waals surface area (Å²) in [5.41, 5.74) is 6.91. The number of fused-ring (bicyclic) bond motifs is 3. The summed E-state index contributed by atoms with van der Waals surface area (Å²) in [5, 5.41) is 19.0. The quantitative estimate of drug-likeness (QED) is 0.271. The summed E-state index contributed by atoms with van der Waals surface area (Å²) in [6, 6.07) is 21.0. The van der Waals surface area contributed by atoms with Crippen LogP contribution in [0.3, 0.4) is 0 Å². The monoisotopic (exact) mass is 619 g/mol. The first-order valence-electron chi connectivity index (χ1n) is 14.5. The van der Waals surface area contributed by atoms with Gasteiger partial charge in [-0.15, -0.1) is 0 Å². The summed E-state index contributed by atoms with van der Waals surface area (Å²) in [6.07, 6.45) is -0.106. The number of carbonyl (C=O) groups excluding carboxylic acids is 1. The number of nitrogens with zero attached hydrogens (tertiary/aromatic N) is 3. The molecule has 2 fully saturated rings. The molecule has 0 bridgehead atoms. The van der Waals surface area contributed by atoms with E-state index in [9.17, 15) is 18.0 Å². The van der Waals surface area contributed by atoms with E-state index in [-0.39, 0.29) is 11.8 Å². The molecule has 4 aromatic rings. The lowest BCUT2D eigenvalue weighted by molar-refractivity contribution is -0.192. The number of hydrogen-bond acceptors (Lipinski definition) is 6. The number of alkyl halides is 3. The number of halogens is 3. The highest BCUT2D eigenvalue weighted by Gasteiger charge is 2.65. The lowest BCUT2D eigenvalue weighted by Gasteiger charge is -2.34. The van der Waals surface area contributed by atoms with Crippen LogP contribution < -0.4 is 15.0 Å². The van der Waals surface area contributed by atoms with Crippen LogP contribution in [0.5, 0.6) is 5.75 Å². The fraction of sp³-hybridized carbons (Fsp3) is 0.303. The Hall–Kier alpha value is -4.84. The van der Waals surface area contributed by atoms with Crippen molar-refractivity contribution in [1.82, 2.24) is 15.1 Å². The van der Waals surface area contributed by atoms with Gasteiger partial charge in [-0.25, -0.2) is 4.79 Å². The molecule has 1 saturated carbocycles. The topological polar surface area (TPSA) is 111 Å². The SMILES string of the molecule is COc1ccc2c(c1)C1(CC1c1ccc3c(/C=C/c4ccc(N5CCN(C)CC5)cc4)n[nH]c3c1)C(=O)N2.O=C(O)C(F)(F)F. The third kappa shape index (κ3) is 5.85. The number of rotatable bonds is 5. The maximum absolute atomic E-state index is 13.0. The molecule has 45 heavy (non-hydrogen) atoms. The molecular formula is C33H32F3N5O4. The highest BCUT2D eigenvalue weighted by atomic mass is 19.4. The minimum Gasteiger partial charge on any atom is -0.497 e. The third-order valence-corrected chi connectivity index (χ3v) is 8.78. The highest BCUT2D eigenvalue weighted by molar-refractivity contribution is 6.10. The molecule has 3 aromatic carbocycles. The van der Waals surface area contributed by atoms with Crippen molar-refractivity contribution in [2.24, 2.45) is 0 Å². The standard InChI is InChI=1S/C31H31N5O2.C2HF3O2/c1-35-13-15-36(16-14-35)22-7-3-20(4-8-22)5-11-27-24-10-6-21(17-29(24)34-33-27)26-19-31(26)25-18-23(38-2)9-12-28(25)32-30(31)37;3-2(4,5)1(6)7/h3-12,17-18,26H,13-16,19H2,1-2H3,(H,32,37)(H,33,34);(H,6,7)/b11-5+;. The van der Waals surface area contributed by atoms with Crippen molar-refractivity contribution in [2.45, 2.75) is 23.9 Å². The summed E-state index contributed by atoms with van der Waals surface area (Å²) >= 11 is 0. The fourth-order valence-corrected chi connectivity index (χ4v) is 6.14. The van der Waals surface area contributed by atoms with Crippen LogP contribution in [0.2, 0.25) is 0 Å². The number of likely N-dealkylation sites (N-methyl/N-ethyl adjacent to an activating group) is 1. The number of piperazine rings is 1. The largest absolute Gasteiger partial charge is 0.497 e. The number of nitrogens with one attached hydrogen (secondary N) is 2. The third-order valence-electron chi connectivity index (χ3n) is 8.78. The van der Waals surface area contributed by atoms with E-state index in [0.717, 1.165) is 77.3 Å². The number of aromatic nitrogens is 2. The van der Waals surface area contributed by atoms with Crippen molar-refractivity contribution in [2.75, 3.05) is 50.6 Å². The number of carbonyl (C=O) groups is 2. The Balaban J connectivity index is 0.000000460. The Bertz CT molecular complexity index is 1780. The Morgan fingerprint density at radius 1 is 1.04 bits per heavy atom. The first-order valence-corrected chi connectivity index (χ1v) is 14.5. The summed E-state index contributed by atoms with van der Waals surface area (Å²) in [5.74, 6) is -1.76. The van der Waals surface area contributed by atoms with Crippen molar-refractivity contribution in [3.63, 3.8) is 0 Å². The van der Waals surface area contributed by atoms with Crippen LogP contribution in [-0.2, 0) is 15.0 Å². The molecule has 1 amide bonds. The second-order valence-corrected chi connectivity index (χ2v) is 11.5. The van der Waals surface area contributed by atoms with Gasteiger partial charge in [0.25, 0.3) is 0 Å². The number of methoxy groups -OCH3 is 1. The molecule has 2 unspecified atom stereocenters. The van der Waals surface area contributed by atoms with Gasteiger partial charge in [0.05, 0.1) is 23.7 Å². The van der Waals surface area contributed by atoms with E-state index in [0.29, 0.717) is 0 Å². The van der Waals surface area contributed by atoms with Crippen LogP contribution in [0, 0.1) is 0 Å². The van der Waals surface area contributed by atoms with E-state index in [4.69, 9.17) is 14.6 Å². The summed E-state index contributed by atoms with van der Waals surface area (Å²) in [6.45, 7) is 4.35. The molecule has 1 aliphatic carbocycles. The van der Waals surface area contributed by atoms with Crippen LogP contribution in [0.25, 0.3) is 23.1 Å². The van der Waals surface area contributed by atoms with Gasteiger partial charge >= 0.3 is 12.1 Å². The Labute approximate surface area is 257 Å². The van der Waals surface area contributed by atoms with Gasteiger partial charge in [-0.2, -0.15) is 18.3 Å². The molecule has 2 atom stereocenters. The maximum Gasteiger partial charge on any atom is 0.490 e. The van der Waals surface area contributed by atoms with Crippen LogP contribution in [0.15, 0.2) is 60.7 Å². The molecule has 3 N–H and O–H groups in total. The number of hydrogen-bond donors (Lipinski definition) is 3. The predicted molar refractivity (Wildman–Crippen MR) is 166 cm³/mol. The highest BCUT2D eigenvalue weighted by Crippen LogP contribution is 2.65. The number of amides is 1. The molecule has 12 heteroatoms. The molecule has 0 radical (unpaired) electrons. The van der Waals surface area contributed by atoms with E-state index in [2.05, 4.69) is 87.0 Å². The fourth-order valence-electron chi connectivity index (χ4n) is 6.14. The maximum atomic E-state index is 13.0. The minimum atomic E-state index is -5.08. The van der Waals surface area contributed by atoms with Gasteiger partial charge in [-0.05, 0) is 72.6 Å². The van der Waals surface area contributed by atoms with Crippen LogP contribution in [0.1, 0.15) is 34.7 Å². The number of anilines is 2. The number of carboxylic acid groups (broad SMARTS) is 1. The smallest absolute Gasteiger partial charge is 0.490 e. The van der Waals surface area contributed by atoms with E-state index in [1.807, 2.05) is 18.2 Å². The summed E-state index contributed by atoms with van der Waals surface area (Å²) in [4.78, 5) is 26.7. The lowest BCUT2D eigenvalue weighted by Crippen LogP contribution is -2.44. The van der Waals surface area contributed by atoms with E-state index in [1.165, 1.54) is 5.69 Å². The van der Waals surface area contributed by atoms with Gasteiger partial charge < -0.3 is 25.0 Å². The van der Waals surface area contributed by atoms with Gasteiger partial charge in [0, 0.05) is 48.9 Å². The predicted octanol–water partition coefficient (Wildman–Crippen LogP) is 5.50. The Morgan fingerprint density at radius 2 is 1.76 bits per heavy atom.